The zero-order valence-corrected chi connectivity index (χ0v) is 11.0. The highest BCUT2D eigenvalue weighted by molar-refractivity contribution is 6.09. The fourth-order valence-electron chi connectivity index (χ4n) is 1.81. The summed E-state index contributed by atoms with van der Waals surface area (Å²) in [5, 5.41) is 12.7. The molecule has 2 rings (SSSR count). The van der Waals surface area contributed by atoms with E-state index in [1.807, 2.05) is 0 Å². The van der Waals surface area contributed by atoms with Gasteiger partial charge in [-0.2, -0.15) is 0 Å². The van der Waals surface area contributed by atoms with E-state index in [9.17, 15) is 14.7 Å². The van der Waals surface area contributed by atoms with Crippen LogP contribution >= 0.6 is 0 Å². The number of carbonyl (C=O) groups is 2. The molecule has 0 spiro atoms. The van der Waals surface area contributed by atoms with Crippen molar-refractivity contribution in [1.82, 2.24) is 5.16 Å². The van der Waals surface area contributed by atoms with Crippen LogP contribution in [0.15, 0.2) is 28.9 Å². The minimum Gasteiger partial charge on any atom is -0.478 e. The Morgan fingerprint density at radius 1 is 1.35 bits per heavy atom. The van der Waals surface area contributed by atoms with Crippen molar-refractivity contribution in [2.45, 2.75) is 6.92 Å². The molecule has 0 unspecified atom stereocenters. The molecule has 0 radical (unpaired) electrons. The molecular formula is C13H13N3O4. The highest BCUT2D eigenvalue weighted by Crippen LogP contribution is 2.24. The molecule has 0 saturated carbocycles. The van der Waals surface area contributed by atoms with Gasteiger partial charge in [0.05, 0.1) is 17.4 Å². The van der Waals surface area contributed by atoms with E-state index < -0.39 is 11.9 Å². The molecule has 20 heavy (non-hydrogen) atoms. The Labute approximate surface area is 114 Å². The van der Waals surface area contributed by atoms with Gasteiger partial charge in [0, 0.05) is 12.7 Å². The number of carbonyl (C=O) groups excluding carboxylic acids is 1. The first-order valence-corrected chi connectivity index (χ1v) is 5.74. The SMILES string of the molecule is Cc1oncc1C(=O)N(C)c1ccc(N)cc1C(=O)O. The minimum atomic E-state index is -1.16. The van der Waals surface area contributed by atoms with Gasteiger partial charge < -0.3 is 20.3 Å². The van der Waals surface area contributed by atoms with Crippen LogP contribution in [-0.4, -0.2) is 29.2 Å². The lowest BCUT2D eigenvalue weighted by molar-refractivity contribution is 0.0698. The summed E-state index contributed by atoms with van der Waals surface area (Å²) < 4.78 is 4.83. The molecule has 1 aromatic carbocycles. The summed E-state index contributed by atoms with van der Waals surface area (Å²) in [5.41, 5.74) is 6.36. The van der Waals surface area contributed by atoms with E-state index in [1.165, 1.54) is 36.3 Å². The van der Waals surface area contributed by atoms with Crippen LogP contribution in [0.4, 0.5) is 11.4 Å². The molecule has 104 valence electrons. The zero-order chi connectivity index (χ0) is 14.9. The second-order valence-corrected chi connectivity index (χ2v) is 4.24. The highest BCUT2D eigenvalue weighted by Gasteiger charge is 2.22. The summed E-state index contributed by atoms with van der Waals surface area (Å²) in [7, 11) is 1.48. The van der Waals surface area contributed by atoms with Crippen molar-refractivity contribution in [3.8, 4) is 0 Å². The van der Waals surface area contributed by atoms with Gasteiger partial charge in [-0.3, -0.25) is 4.79 Å². The van der Waals surface area contributed by atoms with E-state index in [-0.39, 0.29) is 16.8 Å². The van der Waals surface area contributed by atoms with Gasteiger partial charge in [0.1, 0.15) is 11.3 Å². The number of aryl methyl sites for hydroxylation is 1. The van der Waals surface area contributed by atoms with Crippen LogP contribution in [0.3, 0.4) is 0 Å². The maximum Gasteiger partial charge on any atom is 0.337 e. The summed E-state index contributed by atoms with van der Waals surface area (Å²) in [6.45, 7) is 1.61. The van der Waals surface area contributed by atoms with Crippen molar-refractivity contribution in [1.29, 1.82) is 0 Å². The summed E-state index contributed by atoms with van der Waals surface area (Å²) in [5.74, 6) is -1.20. The first kappa shape index (κ1) is 13.6. The molecule has 1 amide bonds. The van der Waals surface area contributed by atoms with Crippen LogP contribution in [0.25, 0.3) is 0 Å². The first-order valence-electron chi connectivity index (χ1n) is 5.74. The molecule has 0 aliphatic heterocycles. The number of hydrogen-bond donors (Lipinski definition) is 2. The van der Waals surface area contributed by atoms with Crippen LogP contribution in [0, 0.1) is 6.92 Å². The predicted molar refractivity (Wildman–Crippen MR) is 71.8 cm³/mol. The number of aromatic nitrogens is 1. The van der Waals surface area contributed by atoms with Crippen molar-refractivity contribution in [2.75, 3.05) is 17.7 Å². The molecule has 0 aliphatic rings. The third-order valence-electron chi connectivity index (χ3n) is 2.90. The molecular weight excluding hydrogens is 262 g/mol. The van der Waals surface area contributed by atoms with Gasteiger partial charge in [0.15, 0.2) is 0 Å². The Kier molecular flexibility index (Phi) is 3.43. The van der Waals surface area contributed by atoms with Gasteiger partial charge in [-0.15, -0.1) is 0 Å². The third kappa shape index (κ3) is 2.33. The number of rotatable bonds is 3. The Morgan fingerprint density at radius 3 is 2.60 bits per heavy atom. The highest BCUT2D eigenvalue weighted by atomic mass is 16.5. The van der Waals surface area contributed by atoms with E-state index in [0.717, 1.165) is 0 Å². The Morgan fingerprint density at radius 2 is 2.05 bits per heavy atom. The van der Waals surface area contributed by atoms with Crippen molar-refractivity contribution < 1.29 is 19.2 Å². The number of nitrogens with zero attached hydrogens (tertiary/aromatic N) is 2. The average Bonchev–Trinajstić information content (AvgIpc) is 2.83. The predicted octanol–water partition coefficient (Wildman–Crippen LogP) is 1.54. The molecule has 0 fully saturated rings. The summed E-state index contributed by atoms with van der Waals surface area (Å²) in [6.07, 6.45) is 1.30. The molecule has 0 bridgehead atoms. The largest absolute Gasteiger partial charge is 0.478 e. The summed E-state index contributed by atoms with van der Waals surface area (Å²) >= 11 is 0. The van der Waals surface area contributed by atoms with Crippen LogP contribution in [-0.2, 0) is 0 Å². The topological polar surface area (TPSA) is 110 Å². The van der Waals surface area contributed by atoms with Gasteiger partial charge in [0.25, 0.3) is 5.91 Å². The van der Waals surface area contributed by atoms with Gasteiger partial charge in [-0.1, -0.05) is 5.16 Å². The van der Waals surface area contributed by atoms with E-state index in [1.54, 1.807) is 6.92 Å². The number of carboxylic acids is 1. The maximum absolute atomic E-state index is 12.3. The van der Waals surface area contributed by atoms with Gasteiger partial charge >= 0.3 is 5.97 Å². The second-order valence-electron chi connectivity index (χ2n) is 4.24. The first-order chi connectivity index (χ1) is 9.41. The fraction of sp³-hybridized carbons (Fsp3) is 0.154. The number of amides is 1. The van der Waals surface area contributed by atoms with Crippen LogP contribution in [0.5, 0.6) is 0 Å². The van der Waals surface area contributed by atoms with E-state index in [4.69, 9.17) is 10.3 Å². The van der Waals surface area contributed by atoms with Gasteiger partial charge in [0.2, 0.25) is 0 Å². The molecule has 1 heterocycles. The van der Waals surface area contributed by atoms with Crippen molar-refractivity contribution in [3.05, 3.63) is 41.3 Å². The second kappa shape index (κ2) is 5.04. The Hall–Kier alpha value is -2.83. The standard InChI is InChI=1S/C13H13N3O4/c1-7-10(6-15-20-7)12(17)16(2)11-4-3-8(14)5-9(11)13(18)19/h3-6H,14H2,1-2H3,(H,18,19). The van der Waals surface area contributed by atoms with Crippen LogP contribution in [0.2, 0.25) is 0 Å². The van der Waals surface area contributed by atoms with Crippen molar-refractivity contribution in [2.24, 2.45) is 0 Å². The maximum atomic E-state index is 12.3. The lowest BCUT2D eigenvalue weighted by Gasteiger charge is -2.19. The Balaban J connectivity index is 2.44. The quantitative estimate of drug-likeness (QED) is 0.822. The van der Waals surface area contributed by atoms with Gasteiger partial charge in [-0.05, 0) is 25.1 Å². The average molecular weight is 275 g/mol. The van der Waals surface area contributed by atoms with E-state index in [0.29, 0.717) is 11.4 Å². The molecule has 0 atom stereocenters. The van der Waals surface area contributed by atoms with Gasteiger partial charge in [-0.25, -0.2) is 4.79 Å². The molecule has 1 aromatic heterocycles. The number of nitrogens with two attached hydrogens (primary N) is 1. The number of aromatic carboxylic acids is 1. The van der Waals surface area contributed by atoms with E-state index in [2.05, 4.69) is 5.16 Å². The lowest BCUT2D eigenvalue weighted by atomic mass is 10.1. The normalized spacial score (nSPS) is 10.3. The number of hydrogen-bond acceptors (Lipinski definition) is 5. The smallest absolute Gasteiger partial charge is 0.337 e. The minimum absolute atomic E-state index is 0.0463. The fourth-order valence-corrected chi connectivity index (χ4v) is 1.81. The number of anilines is 2. The monoisotopic (exact) mass is 275 g/mol. The Bertz CT molecular complexity index is 678. The molecule has 0 saturated heterocycles. The molecule has 7 nitrogen and oxygen atoms in total. The lowest BCUT2D eigenvalue weighted by Crippen LogP contribution is -2.28. The van der Waals surface area contributed by atoms with Crippen LogP contribution in [0.1, 0.15) is 26.5 Å². The number of nitrogen functional groups attached to an aromatic ring is 1. The van der Waals surface area contributed by atoms with Crippen molar-refractivity contribution in [3.63, 3.8) is 0 Å². The van der Waals surface area contributed by atoms with Crippen LogP contribution < -0.4 is 10.6 Å². The third-order valence-corrected chi connectivity index (χ3v) is 2.90. The van der Waals surface area contributed by atoms with E-state index >= 15 is 0 Å². The summed E-state index contributed by atoms with van der Waals surface area (Å²) in [6, 6.07) is 4.33. The number of carboxylic acid groups (broad SMARTS) is 1. The zero-order valence-electron chi connectivity index (χ0n) is 11.0. The number of benzene rings is 1. The summed E-state index contributed by atoms with van der Waals surface area (Å²) in [4.78, 5) is 24.7. The molecule has 2 aromatic rings. The molecule has 7 heteroatoms. The van der Waals surface area contributed by atoms with Crippen molar-refractivity contribution >= 4 is 23.3 Å². The molecule has 3 N–H and O–H groups in total. The molecule has 0 aliphatic carbocycles.